The van der Waals surface area contributed by atoms with Crippen molar-refractivity contribution in [3.8, 4) is 17.2 Å². The number of thioether (sulfide) groups is 1. The first-order chi connectivity index (χ1) is 16.9. The van der Waals surface area contributed by atoms with Crippen LogP contribution in [-0.2, 0) is 11.4 Å². The van der Waals surface area contributed by atoms with E-state index in [-0.39, 0.29) is 24.1 Å². The summed E-state index contributed by atoms with van der Waals surface area (Å²) in [4.78, 5) is 12.5. The third-order valence-corrected chi connectivity index (χ3v) is 6.18. The highest BCUT2D eigenvalue weighted by molar-refractivity contribution is 7.99. The molecule has 0 bridgehead atoms. The van der Waals surface area contributed by atoms with Gasteiger partial charge in [-0.3, -0.25) is 9.36 Å². The highest BCUT2D eigenvalue weighted by Crippen LogP contribution is 2.25. The quantitative estimate of drug-likeness (QED) is 0.290. The third-order valence-electron chi connectivity index (χ3n) is 5.00. The summed E-state index contributed by atoms with van der Waals surface area (Å²) in [5, 5.41) is 12.4. The highest BCUT2D eigenvalue weighted by atomic mass is 35.5. The van der Waals surface area contributed by atoms with Gasteiger partial charge >= 0.3 is 0 Å². The molecular weight excluding hydrogens is 491 g/mol. The summed E-state index contributed by atoms with van der Waals surface area (Å²) in [5.74, 6) is 1.29. The van der Waals surface area contributed by atoms with E-state index in [0.29, 0.717) is 38.8 Å². The lowest BCUT2D eigenvalue weighted by molar-refractivity contribution is -0.113. The molecule has 4 rings (SSSR count). The van der Waals surface area contributed by atoms with Gasteiger partial charge in [-0.05, 0) is 73.2 Å². The monoisotopic (exact) mass is 512 g/mol. The van der Waals surface area contributed by atoms with Crippen molar-refractivity contribution in [2.24, 2.45) is 0 Å². The molecule has 0 aliphatic carbocycles. The fourth-order valence-electron chi connectivity index (χ4n) is 3.15. The molecule has 180 valence electrons. The second kappa shape index (κ2) is 11.2. The maximum Gasteiger partial charge on any atom is 0.234 e. The van der Waals surface area contributed by atoms with Crippen LogP contribution in [0.15, 0.2) is 71.9 Å². The van der Waals surface area contributed by atoms with Gasteiger partial charge in [0, 0.05) is 16.4 Å². The van der Waals surface area contributed by atoms with Crippen molar-refractivity contribution in [2.45, 2.75) is 18.7 Å². The molecule has 1 amide bonds. The second-order valence-electron chi connectivity index (χ2n) is 7.48. The van der Waals surface area contributed by atoms with Crippen LogP contribution in [0.1, 0.15) is 11.4 Å². The van der Waals surface area contributed by atoms with E-state index in [1.54, 1.807) is 50.4 Å². The van der Waals surface area contributed by atoms with Crippen LogP contribution in [-0.4, -0.2) is 33.5 Å². The number of rotatable bonds is 9. The molecule has 1 N–H and O–H groups in total. The Balaban J connectivity index is 1.51. The van der Waals surface area contributed by atoms with E-state index in [4.69, 9.17) is 21.1 Å². The Hall–Kier alpha value is -3.56. The normalized spacial score (nSPS) is 10.7. The number of carbonyl (C=O) groups excluding carboxylic acids is 1. The summed E-state index contributed by atoms with van der Waals surface area (Å²) in [6, 6.07) is 19.0. The lowest BCUT2D eigenvalue weighted by Crippen LogP contribution is -2.15. The molecule has 0 spiro atoms. The topological polar surface area (TPSA) is 78.3 Å². The zero-order valence-electron chi connectivity index (χ0n) is 19.0. The number of amides is 1. The van der Waals surface area contributed by atoms with E-state index in [1.807, 2.05) is 28.8 Å². The summed E-state index contributed by atoms with van der Waals surface area (Å²) >= 11 is 7.15. The van der Waals surface area contributed by atoms with Gasteiger partial charge in [0.2, 0.25) is 5.91 Å². The first-order valence-corrected chi connectivity index (χ1v) is 11.9. The number of benzene rings is 3. The van der Waals surface area contributed by atoms with Crippen LogP contribution in [0.2, 0.25) is 5.02 Å². The lowest BCUT2D eigenvalue weighted by atomic mass is 10.2. The molecule has 1 aromatic heterocycles. The Kier molecular flexibility index (Phi) is 7.89. The first kappa shape index (κ1) is 24.6. The standard InChI is InChI=1S/C25H22ClFN4O3S/c1-16-3-6-18(13-22(16)27)28-24(32)15-35-25-30-29-23(14-34-21-9-4-17(26)5-10-21)31(25)19-7-11-20(33-2)12-8-19/h3-13H,14-15H2,1-2H3,(H,28,32). The maximum atomic E-state index is 13.8. The van der Waals surface area contributed by atoms with Crippen LogP contribution >= 0.6 is 23.4 Å². The SMILES string of the molecule is COc1ccc(-n2c(COc3ccc(Cl)cc3)nnc2SCC(=O)Nc2ccc(C)c(F)c2)cc1. The minimum atomic E-state index is -0.375. The highest BCUT2D eigenvalue weighted by Gasteiger charge is 2.17. The molecule has 4 aromatic rings. The Bertz CT molecular complexity index is 1310. The Morgan fingerprint density at radius 1 is 1.06 bits per heavy atom. The number of ether oxygens (including phenoxy) is 2. The predicted octanol–water partition coefficient (Wildman–Crippen LogP) is 5.69. The molecule has 1 heterocycles. The van der Waals surface area contributed by atoms with E-state index in [0.717, 1.165) is 5.69 Å². The number of halogens is 2. The molecule has 3 aromatic carbocycles. The van der Waals surface area contributed by atoms with Crippen molar-refractivity contribution in [3.63, 3.8) is 0 Å². The van der Waals surface area contributed by atoms with E-state index < -0.39 is 0 Å². The summed E-state index contributed by atoms with van der Waals surface area (Å²) in [5.41, 5.74) is 1.69. The Morgan fingerprint density at radius 2 is 1.77 bits per heavy atom. The maximum absolute atomic E-state index is 13.8. The zero-order valence-corrected chi connectivity index (χ0v) is 20.6. The largest absolute Gasteiger partial charge is 0.497 e. The Morgan fingerprint density at radius 3 is 2.46 bits per heavy atom. The molecule has 10 heteroatoms. The van der Waals surface area contributed by atoms with Gasteiger partial charge in [-0.25, -0.2) is 4.39 Å². The smallest absolute Gasteiger partial charge is 0.234 e. The van der Waals surface area contributed by atoms with Gasteiger partial charge in [-0.2, -0.15) is 0 Å². The average Bonchev–Trinajstić information content (AvgIpc) is 3.27. The molecule has 35 heavy (non-hydrogen) atoms. The van der Waals surface area contributed by atoms with E-state index in [1.165, 1.54) is 17.8 Å². The molecule has 0 unspecified atom stereocenters. The lowest BCUT2D eigenvalue weighted by Gasteiger charge is -2.12. The van der Waals surface area contributed by atoms with Crippen LogP contribution < -0.4 is 14.8 Å². The van der Waals surface area contributed by atoms with Crippen LogP contribution in [0, 0.1) is 12.7 Å². The molecule has 0 fully saturated rings. The van der Waals surface area contributed by atoms with Gasteiger partial charge in [-0.15, -0.1) is 10.2 Å². The number of methoxy groups -OCH3 is 1. The van der Waals surface area contributed by atoms with Crippen molar-refractivity contribution < 1.29 is 18.7 Å². The number of anilines is 1. The van der Waals surface area contributed by atoms with Crippen molar-refractivity contribution >= 4 is 35.0 Å². The molecule has 0 radical (unpaired) electrons. The summed E-state index contributed by atoms with van der Waals surface area (Å²) in [6.45, 7) is 1.81. The van der Waals surface area contributed by atoms with Crippen molar-refractivity contribution in [3.05, 3.63) is 89.0 Å². The van der Waals surface area contributed by atoms with E-state index in [2.05, 4.69) is 15.5 Å². The van der Waals surface area contributed by atoms with Crippen molar-refractivity contribution in [1.29, 1.82) is 0 Å². The number of hydrogen-bond acceptors (Lipinski definition) is 6. The summed E-state index contributed by atoms with van der Waals surface area (Å²) in [6.07, 6.45) is 0. The van der Waals surface area contributed by atoms with Gasteiger partial charge in [0.25, 0.3) is 0 Å². The molecule has 0 aliphatic rings. The second-order valence-corrected chi connectivity index (χ2v) is 8.85. The summed E-state index contributed by atoms with van der Waals surface area (Å²) in [7, 11) is 1.60. The van der Waals surface area contributed by atoms with Crippen molar-refractivity contribution in [1.82, 2.24) is 14.8 Å². The molecule has 0 aliphatic heterocycles. The number of hydrogen-bond donors (Lipinski definition) is 1. The van der Waals surface area contributed by atoms with Crippen LogP contribution in [0.3, 0.4) is 0 Å². The van der Waals surface area contributed by atoms with Crippen LogP contribution in [0.5, 0.6) is 11.5 Å². The van der Waals surface area contributed by atoms with Crippen LogP contribution in [0.4, 0.5) is 10.1 Å². The zero-order chi connectivity index (χ0) is 24.8. The van der Waals surface area contributed by atoms with Gasteiger partial charge in [0.05, 0.1) is 12.9 Å². The van der Waals surface area contributed by atoms with Crippen LogP contribution in [0.25, 0.3) is 5.69 Å². The number of aryl methyl sites for hydroxylation is 1. The number of nitrogens with one attached hydrogen (secondary N) is 1. The van der Waals surface area contributed by atoms with Gasteiger partial charge < -0.3 is 14.8 Å². The average molecular weight is 513 g/mol. The molecule has 7 nitrogen and oxygen atoms in total. The molecular formula is C25H22ClFN4O3S. The minimum absolute atomic E-state index is 0.0574. The third kappa shape index (κ3) is 6.32. The van der Waals surface area contributed by atoms with E-state index in [9.17, 15) is 9.18 Å². The molecule has 0 atom stereocenters. The van der Waals surface area contributed by atoms with Crippen molar-refractivity contribution in [2.75, 3.05) is 18.2 Å². The fourth-order valence-corrected chi connectivity index (χ4v) is 4.05. The number of aromatic nitrogens is 3. The molecule has 0 saturated carbocycles. The molecule has 0 saturated heterocycles. The Labute approximate surface area is 211 Å². The number of carbonyl (C=O) groups is 1. The van der Waals surface area contributed by atoms with Gasteiger partial charge in [-0.1, -0.05) is 29.4 Å². The first-order valence-electron chi connectivity index (χ1n) is 10.6. The van der Waals surface area contributed by atoms with Gasteiger partial charge in [0.15, 0.2) is 11.0 Å². The minimum Gasteiger partial charge on any atom is -0.497 e. The van der Waals surface area contributed by atoms with E-state index >= 15 is 0 Å². The fraction of sp³-hybridized carbons (Fsp3) is 0.160. The summed E-state index contributed by atoms with van der Waals surface area (Å²) < 4.78 is 26.7. The number of nitrogens with zero attached hydrogens (tertiary/aromatic N) is 3. The predicted molar refractivity (Wildman–Crippen MR) is 134 cm³/mol. The van der Waals surface area contributed by atoms with Gasteiger partial charge in [0.1, 0.15) is 23.9 Å².